The summed E-state index contributed by atoms with van der Waals surface area (Å²) in [4.78, 5) is 17.5. The van der Waals surface area contributed by atoms with E-state index in [4.69, 9.17) is 9.47 Å². The quantitative estimate of drug-likeness (QED) is 0.214. The minimum absolute atomic E-state index is 0.0384. The van der Waals surface area contributed by atoms with Crippen LogP contribution >= 0.6 is 11.3 Å². The molecule has 1 aliphatic rings. The number of nitrogens with zero attached hydrogens (tertiary/aromatic N) is 5. The SMILES string of the molecule is COc1cc(C(=O)c2c(-c3ccc(OCCN4CCCC4)cc3)sc3ccccc23)ccc1Cc1nnnn1C. The number of ketones is 1. The van der Waals surface area contributed by atoms with Crippen molar-refractivity contribution in [1.82, 2.24) is 25.1 Å². The maximum absolute atomic E-state index is 14.1. The number of aryl methyl sites for hydroxylation is 1. The lowest BCUT2D eigenvalue weighted by molar-refractivity contribution is 0.104. The Bertz CT molecular complexity index is 1640. The van der Waals surface area contributed by atoms with Crippen molar-refractivity contribution < 1.29 is 14.3 Å². The summed E-state index contributed by atoms with van der Waals surface area (Å²) in [6.45, 7) is 3.96. The van der Waals surface area contributed by atoms with Crippen LogP contribution in [-0.2, 0) is 13.5 Å². The maximum atomic E-state index is 14.1. The Hall–Kier alpha value is -4.08. The number of tetrazole rings is 1. The van der Waals surface area contributed by atoms with Crippen molar-refractivity contribution in [2.45, 2.75) is 19.3 Å². The van der Waals surface area contributed by atoms with Crippen molar-refractivity contribution in [1.29, 1.82) is 0 Å². The van der Waals surface area contributed by atoms with Crippen LogP contribution in [0.25, 0.3) is 20.5 Å². The standard InChI is InChI=1S/C31H31N5O3S/c1-35-28(32-33-34-35)20-22-9-10-23(19-26(22)38-2)30(37)29-25-7-3-4-8-27(25)40-31(29)21-11-13-24(14-12-21)39-18-17-36-15-5-6-16-36/h3-4,7-14,19H,5-6,15-18,20H2,1-2H3. The molecule has 204 valence electrons. The predicted octanol–water partition coefficient (Wildman–Crippen LogP) is 5.40. The molecular weight excluding hydrogens is 522 g/mol. The number of aromatic nitrogens is 4. The summed E-state index contributed by atoms with van der Waals surface area (Å²) < 4.78 is 14.4. The van der Waals surface area contributed by atoms with Gasteiger partial charge in [-0.25, -0.2) is 4.68 Å². The predicted molar refractivity (Wildman–Crippen MR) is 156 cm³/mol. The highest BCUT2D eigenvalue weighted by molar-refractivity contribution is 7.22. The monoisotopic (exact) mass is 553 g/mol. The number of rotatable bonds is 10. The molecule has 1 saturated heterocycles. The van der Waals surface area contributed by atoms with E-state index in [0.29, 0.717) is 35.7 Å². The summed E-state index contributed by atoms with van der Waals surface area (Å²) in [5, 5.41) is 12.6. The molecule has 0 N–H and O–H groups in total. The van der Waals surface area contributed by atoms with Crippen molar-refractivity contribution in [2.75, 3.05) is 33.4 Å². The Kier molecular flexibility index (Phi) is 7.57. The van der Waals surface area contributed by atoms with Gasteiger partial charge in [0, 0.05) is 51.7 Å². The van der Waals surface area contributed by atoms with Crippen LogP contribution in [0, 0.1) is 0 Å². The fourth-order valence-electron chi connectivity index (χ4n) is 5.22. The number of carbonyl (C=O) groups excluding carboxylic acids is 1. The van der Waals surface area contributed by atoms with E-state index in [1.54, 1.807) is 30.2 Å². The van der Waals surface area contributed by atoms with Crippen molar-refractivity contribution >= 4 is 27.2 Å². The molecule has 5 aromatic rings. The number of methoxy groups -OCH3 is 1. The molecule has 0 bridgehead atoms. The molecule has 1 fully saturated rings. The number of ether oxygens (including phenoxy) is 2. The number of likely N-dealkylation sites (tertiary alicyclic amines) is 1. The lowest BCUT2D eigenvalue weighted by Crippen LogP contribution is -2.25. The molecule has 0 amide bonds. The second-order valence-electron chi connectivity index (χ2n) is 9.98. The molecule has 40 heavy (non-hydrogen) atoms. The molecular formula is C31H31N5O3S. The van der Waals surface area contributed by atoms with Gasteiger partial charge in [0.15, 0.2) is 11.6 Å². The zero-order valence-corrected chi connectivity index (χ0v) is 23.5. The normalized spacial score (nSPS) is 13.7. The highest BCUT2D eigenvalue weighted by Gasteiger charge is 2.23. The first kappa shape index (κ1) is 26.2. The minimum atomic E-state index is -0.0384. The molecule has 0 spiro atoms. The van der Waals surface area contributed by atoms with E-state index in [0.717, 1.165) is 38.4 Å². The summed E-state index contributed by atoms with van der Waals surface area (Å²) >= 11 is 1.63. The molecule has 3 heterocycles. The van der Waals surface area contributed by atoms with E-state index >= 15 is 0 Å². The van der Waals surface area contributed by atoms with Gasteiger partial charge in [-0.15, -0.1) is 16.4 Å². The molecule has 0 saturated carbocycles. The van der Waals surface area contributed by atoms with Gasteiger partial charge in [0.2, 0.25) is 0 Å². The summed E-state index contributed by atoms with van der Waals surface area (Å²) in [5.41, 5.74) is 3.18. The highest BCUT2D eigenvalue weighted by Crippen LogP contribution is 2.40. The Morgan fingerprint density at radius 3 is 2.58 bits per heavy atom. The van der Waals surface area contributed by atoms with Gasteiger partial charge in [-0.05, 0) is 78.3 Å². The van der Waals surface area contributed by atoms with E-state index in [-0.39, 0.29) is 5.78 Å². The van der Waals surface area contributed by atoms with E-state index in [9.17, 15) is 4.79 Å². The molecule has 0 atom stereocenters. The van der Waals surface area contributed by atoms with Crippen LogP contribution in [0.3, 0.4) is 0 Å². The summed E-state index contributed by atoms with van der Waals surface area (Å²) in [7, 11) is 3.42. The van der Waals surface area contributed by atoms with Gasteiger partial charge in [-0.1, -0.05) is 30.3 Å². The fraction of sp³-hybridized carbons (Fsp3) is 0.290. The van der Waals surface area contributed by atoms with Crippen LogP contribution in [0.1, 0.15) is 40.2 Å². The van der Waals surface area contributed by atoms with Crippen molar-refractivity contribution in [3.8, 4) is 21.9 Å². The molecule has 3 aromatic carbocycles. The molecule has 2 aromatic heterocycles. The second kappa shape index (κ2) is 11.6. The average Bonchev–Trinajstić information content (AvgIpc) is 3.74. The number of benzene rings is 3. The van der Waals surface area contributed by atoms with Gasteiger partial charge < -0.3 is 9.47 Å². The summed E-state index contributed by atoms with van der Waals surface area (Å²) in [5.74, 6) is 2.15. The van der Waals surface area contributed by atoms with Crippen LogP contribution < -0.4 is 9.47 Å². The Morgan fingerprint density at radius 2 is 1.82 bits per heavy atom. The lowest BCUT2D eigenvalue weighted by Gasteiger charge is -2.15. The third-order valence-corrected chi connectivity index (χ3v) is 8.64. The third-order valence-electron chi connectivity index (χ3n) is 7.42. The minimum Gasteiger partial charge on any atom is -0.496 e. The number of carbonyl (C=O) groups is 1. The smallest absolute Gasteiger partial charge is 0.195 e. The fourth-order valence-corrected chi connectivity index (χ4v) is 6.43. The van der Waals surface area contributed by atoms with Crippen molar-refractivity contribution in [3.05, 3.63) is 89.2 Å². The molecule has 0 aliphatic carbocycles. The van der Waals surface area contributed by atoms with Gasteiger partial charge in [-0.3, -0.25) is 9.69 Å². The third kappa shape index (κ3) is 5.35. The molecule has 8 nitrogen and oxygen atoms in total. The molecule has 0 radical (unpaired) electrons. The van der Waals surface area contributed by atoms with Crippen LogP contribution in [0.2, 0.25) is 0 Å². The number of hydrogen-bond acceptors (Lipinski definition) is 8. The average molecular weight is 554 g/mol. The Balaban J connectivity index is 1.28. The van der Waals surface area contributed by atoms with Gasteiger partial charge >= 0.3 is 0 Å². The van der Waals surface area contributed by atoms with Crippen LogP contribution in [0.5, 0.6) is 11.5 Å². The number of thiophene rings is 1. The second-order valence-corrected chi connectivity index (χ2v) is 11.0. The van der Waals surface area contributed by atoms with Gasteiger partial charge in [0.1, 0.15) is 18.1 Å². The first-order valence-electron chi connectivity index (χ1n) is 13.5. The molecule has 9 heteroatoms. The Morgan fingerprint density at radius 1 is 1.02 bits per heavy atom. The van der Waals surface area contributed by atoms with Crippen molar-refractivity contribution in [2.24, 2.45) is 7.05 Å². The topological polar surface area (TPSA) is 82.4 Å². The lowest BCUT2D eigenvalue weighted by atomic mass is 9.96. The van der Waals surface area contributed by atoms with E-state index in [1.807, 2.05) is 60.7 Å². The summed E-state index contributed by atoms with van der Waals surface area (Å²) in [6.07, 6.45) is 3.06. The van der Waals surface area contributed by atoms with E-state index in [1.165, 1.54) is 25.9 Å². The zero-order valence-electron chi connectivity index (χ0n) is 22.7. The first-order chi connectivity index (χ1) is 19.6. The molecule has 6 rings (SSSR count). The van der Waals surface area contributed by atoms with Crippen LogP contribution in [0.4, 0.5) is 0 Å². The number of fused-ring (bicyclic) bond motifs is 1. The van der Waals surface area contributed by atoms with Gasteiger partial charge in [-0.2, -0.15) is 0 Å². The summed E-state index contributed by atoms with van der Waals surface area (Å²) in [6, 6.07) is 21.7. The van der Waals surface area contributed by atoms with Gasteiger partial charge in [0.25, 0.3) is 0 Å². The van der Waals surface area contributed by atoms with E-state index < -0.39 is 0 Å². The number of hydrogen-bond donors (Lipinski definition) is 0. The zero-order chi connectivity index (χ0) is 27.5. The highest BCUT2D eigenvalue weighted by atomic mass is 32.1. The largest absolute Gasteiger partial charge is 0.496 e. The van der Waals surface area contributed by atoms with E-state index in [2.05, 4.69) is 26.5 Å². The first-order valence-corrected chi connectivity index (χ1v) is 14.3. The van der Waals surface area contributed by atoms with Crippen LogP contribution in [-0.4, -0.2) is 64.2 Å². The molecule has 1 aliphatic heterocycles. The molecule has 0 unspecified atom stereocenters. The van der Waals surface area contributed by atoms with Crippen LogP contribution in [0.15, 0.2) is 66.7 Å². The maximum Gasteiger partial charge on any atom is 0.195 e. The Labute approximate surface area is 237 Å². The van der Waals surface area contributed by atoms with Gasteiger partial charge in [0.05, 0.1) is 7.11 Å². The van der Waals surface area contributed by atoms with Crippen molar-refractivity contribution in [3.63, 3.8) is 0 Å².